The van der Waals surface area contributed by atoms with E-state index in [0.29, 0.717) is 24.6 Å². The number of anilines is 1. The first-order chi connectivity index (χ1) is 12.2. The molecule has 0 saturated heterocycles. The van der Waals surface area contributed by atoms with E-state index in [1.807, 2.05) is 0 Å². The van der Waals surface area contributed by atoms with Crippen molar-refractivity contribution in [3.8, 4) is 0 Å². The Bertz CT molecular complexity index is 536. The van der Waals surface area contributed by atoms with E-state index >= 15 is 0 Å². The molecule has 0 bridgehead atoms. The summed E-state index contributed by atoms with van der Waals surface area (Å²) >= 11 is 0. The second-order valence-corrected chi connectivity index (χ2v) is 6.89. The molecule has 5 nitrogen and oxygen atoms in total. The molecule has 4 N–H and O–H groups in total. The smallest absolute Gasteiger partial charge is 0.251 e. The van der Waals surface area contributed by atoms with Crippen LogP contribution in [-0.2, 0) is 4.79 Å². The SMILES string of the molecule is NCCCCCCC(=O)Nc1ccc(C(=O)NC2CCCCC2)cc1. The molecule has 1 fully saturated rings. The molecule has 1 saturated carbocycles. The number of benzene rings is 1. The third-order valence-electron chi connectivity index (χ3n) is 4.73. The fourth-order valence-corrected chi connectivity index (χ4v) is 3.23. The highest BCUT2D eigenvalue weighted by molar-refractivity contribution is 5.95. The Morgan fingerprint density at radius 3 is 2.32 bits per heavy atom. The molecule has 2 rings (SSSR count). The summed E-state index contributed by atoms with van der Waals surface area (Å²) in [5, 5.41) is 5.99. The molecule has 0 aliphatic heterocycles. The van der Waals surface area contributed by atoms with Gasteiger partial charge in [0.15, 0.2) is 0 Å². The van der Waals surface area contributed by atoms with Gasteiger partial charge in [0.1, 0.15) is 0 Å². The van der Waals surface area contributed by atoms with Crippen molar-refractivity contribution in [2.45, 2.75) is 70.3 Å². The third kappa shape index (κ3) is 7.26. The highest BCUT2D eigenvalue weighted by Gasteiger charge is 2.16. The zero-order valence-electron chi connectivity index (χ0n) is 15.1. The van der Waals surface area contributed by atoms with Crippen LogP contribution in [0.15, 0.2) is 24.3 Å². The van der Waals surface area contributed by atoms with Gasteiger partial charge in [-0.15, -0.1) is 0 Å². The van der Waals surface area contributed by atoms with E-state index in [-0.39, 0.29) is 11.8 Å². The van der Waals surface area contributed by atoms with E-state index in [0.717, 1.165) is 44.2 Å². The molecule has 1 aromatic rings. The maximum absolute atomic E-state index is 12.3. The van der Waals surface area contributed by atoms with Gasteiger partial charge in [0.25, 0.3) is 5.91 Å². The van der Waals surface area contributed by atoms with Gasteiger partial charge in [-0.2, -0.15) is 0 Å². The van der Waals surface area contributed by atoms with Crippen molar-refractivity contribution in [2.75, 3.05) is 11.9 Å². The first-order valence-electron chi connectivity index (χ1n) is 9.60. The lowest BCUT2D eigenvalue weighted by atomic mass is 9.95. The van der Waals surface area contributed by atoms with Crippen LogP contribution in [0.5, 0.6) is 0 Å². The normalized spacial score (nSPS) is 14.9. The topological polar surface area (TPSA) is 84.2 Å². The predicted octanol–water partition coefficient (Wildman–Crippen LogP) is 3.60. The number of amides is 2. The van der Waals surface area contributed by atoms with Gasteiger partial charge in [0, 0.05) is 23.7 Å². The molecule has 2 amide bonds. The average Bonchev–Trinajstić information content (AvgIpc) is 2.63. The molecular weight excluding hydrogens is 314 g/mol. The lowest BCUT2D eigenvalue weighted by Gasteiger charge is -2.22. The van der Waals surface area contributed by atoms with Gasteiger partial charge in [-0.25, -0.2) is 0 Å². The Kier molecular flexibility index (Phi) is 8.46. The number of nitrogens with one attached hydrogen (secondary N) is 2. The fourth-order valence-electron chi connectivity index (χ4n) is 3.23. The van der Waals surface area contributed by atoms with Crippen molar-refractivity contribution in [1.29, 1.82) is 0 Å². The van der Waals surface area contributed by atoms with Gasteiger partial charge in [-0.1, -0.05) is 32.1 Å². The lowest BCUT2D eigenvalue weighted by Crippen LogP contribution is -2.36. The quantitative estimate of drug-likeness (QED) is 0.598. The summed E-state index contributed by atoms with van der Waals surface area (Å²) in [6, 6.07) is 7.44. The molecule has 0 aromatic heterocycles. The number of hydrogen-bond donors (Lipinski definition) is 3. The van der Waals surface area contributed by atoms with Crippen molar-refractivity contribution < 1.29 is 9.59 Å². The lowest BCUT2D eigenvalue weighted by molar-refractivity contribution is -0.116. The molecule has 25 heavy (non-hydrogen) atoms. The number of rotatable bonds is 9. The van der Waals surface area contributed by atoms with Crippen LogP contribution in [0.4, 0.5) is 5.69 Å². The molecule has 0 atom stereocenters. The van der Waals surface area contributed by atoms with Crippen LogP contribution in [0.1, 0.15) is 74.6 Å². The summed E-state index contributed by atoms with van der Waals surface area (Å²) in [6.45, 7) is 0.715. The summed E-state index contributed by atoms with van der Waals surface area (Å²) in [5.74, 6) is -0.00293. The summed E-state index contributed by atoms with van der Waals surface area (Å²) < 4.78 is 0. The van der Waals surface area contributed by atoms with Crippen molar-refractivity contribution in [3.63, 3.8) is 0 Å². The van der Waals surface area contributed by atoms with Crippen LogP contribution < -0.4 is 16.4 Å². The second-order valence-electron chi connectivity index (χ2n) is 6.89. The van der Waals surface area contributed by atoms with E-state index in [2.05, 4.69) is 10.6 Å². The van der Waals surface area contributed by atoms with E-state index in [1.54, 1.807) is 24.3 Å². The molecule has 0 unspecified atom stereocenters. The Hall–Kier alpha value is -1.88. The minimum Gasteiger partial charge on any atom is -0.349 e. The Morgan fingerprint density at radius 1 is 0.960 bits per heavy atom. The largest absolute Gasteiger partial charge is 0.349 e. The Balaban J connectivity index is 1.73. The second kappa shape index (κ2) is 10.9. The molecular formula is C20H31N3O2. The van der Waals surface area contributed by atoms with E-state index in [1.165, 1.54) is 19.3 Å². The minimum absolute atomic E-state index is 0.0205. The number of unbranched alkanes of at least 4 members (excludes halogenated alkanes) is 3. The van der Waals surface area contributed by atoms with Crippen LogP contribution >= 0.6 is 0 Å². The fraction of sp³-hybridized carbons (Fsp3) is 0.600. The van der Waals surface area contributed by atoms with Gasteiger partial charge < -0.3 is 16.4 Å². The average molecular weight is 345 g/mol. The molecule has 1 aliphatic rings. The molecule has 5 heteroatoms. The Labute approximate surface area is 150 Å². The molecule has 0 radical (unpaired) electrons. The van der Waals surface area contributed by atoms with Crippen LogP contribution in [0, 0.1) is 0 Å². The zero-order chi connectivity index (χ0) is 17.9. The maximum atomic E-state index is 12.3. The predicted molar refractivity (Wildman–Crippen MR) is 102 cm³/mol. The van der Waals surface area contributed by atoms with Crippen molar-refractivity contribution in [1.82, 2.24) is 5.32 Å². The van der Waals surface area contributed by atoms with Crippen molar-refractivity contribution in [2.24, 2.45) is 5.73 Å². The Morgan fingerprint density at radius 2 is 1.64 bits per heavy atom. The minimum atomic E-state index is -0.0234. The summed E-state index contributed by atoms with van der Waals surface area (Å²) in [7, 11) is 0. The molecule has 1 aromatic carbocycles. The number of hydrogen-bond acceptors (Lipinski definition) is 3. The number of carbonyl (C=O) groups is 2. The van der Waals surface area contributed by atoms with Gasteiger partial charge in [0.05, 0.1) is 0 Å². The molecule has 0 spiro atoms. The van der Waals surface area contributed by atoms with Crippen LogP contribution in [-0.4, -0.2) is 24.4 Å². The van der Waals surface area contributed by atoms with Gasteiger partial charge in [-0.3, -0.25) is 9.59 Å². The molecule has 138 valence electrons. The van der Waals surface area contributed by atoms with Gasteiger partial charge in [0.2, 0.25) is 5.91 Å². The van der Waals surface area contributed by atoms with Crippen molar-refractivity contribution >= 4 is 17.5 Å². The van der Waals surface area contributed by atoms with E-state index in [4.69, 9.17) is 5.73 Å². The summed E-state index contributed by atoms with van der Waals surface area (Å²) in [5.41, 5.74) is 6.83. The first kappa shape index (κ1) is 19.4. The molecule has 0 heterocycles. The maximum Gasteiger partial charge on any atom is 0.251 e. The highest BCUT2D eigenvalue weighted by atomic mass is 16.2. The molecule has 1 aliphatic carbocycles. The third-order valence-corrected chi connectivity index (χ3v) is 4.73. The summed E-state index contributed by atoms with van der Waals surface area (Å²) in [6.07, 6.45) is 10.3. The van der Waals surface area contributed by atoms with E-state index in [9.17, 15) is 9.59 Å². The zero-order valence-corrected chi connectivity index (χ0v) is 15.1. The standard InChI is InChI=1S/C20H31N3O2/c21-15-7-2-1-6-10-19(24)22-18-13-11-16(12-14-18)20(25)23-17-8-4-3-5-9-17/h11-14,17H,1-10,15,21H2,(H,22,24)(H,23,25). The van der Waals surface area contributed by atoms with Crippen LogP contribution in [0.25, 0.3) is 0 Å². The van der Waals surface area contributed by atoms with E-state index < -0.39 is 0 Å². The van der Waals surface area contributed by atoms with Crippen LogP contribution in [0.3, 0.4) is 0 Å². The first-order valence-corrected chi connectivity index (χ1v) is 9.60. The van der Waals surface area contributed by atoms with Gasteiger partial charge in [-0.05, 0) is 56.5 Å². The number of nitrogens with two attached hydrogens (primary N) is 1. The van der Waals surface area contributed by atoms with Crippen LogP contribution in [0.2, 0.25) is 0 Å². The monoisotopic (exact) mass is 345 g/mol. The highest BCUT2D eigenvalue weighted by Crippen LogP contribution is 2.18. The van der Waals surface area contributed by atoms with Gasteiger partial charge >= 0.3 is 0 Å². The van der Waals surface area contributed by atoms with Crippen molar-refractivity contribution in [3.05, 3.63) is 29.8 Å². The number of carbonyl (C=O) groups excluding carboxylic acids is 2. The summed E-state index contributed by atoms with van der Waals surface area (Å²) in [4.78, 5) is 24.2.